The van der Waals surface area contributed by atoms with Crippen LogP contribution >= 0.6 is 0 Å². The lowest BCUT2D eigenvalue weighted by molar-refractivity contribution is -0.116. The zero-order valence-corrected chi connectivity index (χ0v) is 13.4. The van der Waals surface area contributed by atoms with Crippen molar-refractivity contribution in [3.63, 3.8) is 0 Å². The minimum absolute atomic E-state index is 0.000853. The Morgan fingerprint density at radius 1 is 1.27 bits per heavy atom. The van der Waals surface area contributed by atoms with Gasteiger partial charge in [-0.25, -0.2) is 0 Å². The number of carbonyl (C=O) groups excluding carboxylic acids is 2. The number of aryl methyl sites for hydroxylation is 1. The van der Waals surface area contributed by atoms with Crippen molar-refractivity contribution in [3.05, 3.63) is 29.3 Å². The Morgan fingerprint density at radius 2 is 2.00 bits per heavy atom. The highest BCUT2D eigenvalue weighted by atomic mass is 16.5. The lowest BCUT2D eigenvalue weighted by atomic mass is 10.1. The summed E-state index contributed by atoms with van der Waals surface area (Å²) in [5.74, 6) is -0.00622. The molecule has 1 aromatic carbocycles. The fourth-order valence-corrected chi connectivity index (χ4v) is 2.39. The van der Waals surface area contributed by atoms with Crippen molar-refractivity contribution < 1.29 is 14.3 Å². The smallest absolute Gasteiger partial charge is 0.254 e. The van der Waals surface area contributed by atoms with Gasteiger partial charge in [-0.1, -0.05) is 19.4 Å². The highest BCUT2D eigenvalue weighted by Gasteiger charge is 2.19. The third-order valence-electron chi connectivity index (χ3n) is 3.81. The summed E-state index contributed by atoms with van der Waals surface area (Å²) in [6.07, 6.45) is 2.37. The van der Waals surface area contributed by atoms with E-state index in [1.54, 1.807) is 11.0 Å². The molecule has 2 rings (SSSR count). The Hall–Kier alpha value is -1.88. The van der Waals surface area contributed by atoms with E-state index in [0.29, 0.717) is 38.3 Å². The molecular formula is C17H24N2O3. The predicted octanol–water partition coefficient (Wildman–Crippen LogP) is 2.60. The van der Waals surface area contributed by atoms with Gasteiger partial charge in [-0.2, -0.15) is 0 Å². The summed E-state index contributed by atoms with van der Waals surface area (Å²) >= 11 is 0. The molecule has 0 spiro atoms. The molecule has 22 heavy (non-hydrogen) atoms. The van der Waals surface area contributed by atoms with Crippen LogP contribution < -0.4 is 5.32 Å². The average Bonchev–Trinajstić information content (AvgIpc) is 2.55. The van der Waals surface area contributed by atoms with Crippen molar-refractivity contribution in [2.45, 2.75) is 33.1 Å². The van der Waals surface area contributed by atoms with Gasteiger partial charge in [0.25, 0.3) is 5.91 Å². The average molecular weight is 304 g/mol. The molecule has 0 unspecified atom stereocenters. The van der Waals surface area contributed by atoms with E-state index in [4.69, 9.17) is 4.74 Å². The summed E-state index contributed by atoms with van der Waals surface area (Å²) < 4.78 is 5.27. The molecule has 0 radical (unpaired) electrons. The third-order valence-corrected chi connectivity index (χ3v) is 3.81. The first-order valence-electron chi connectivity index (χ1n) is 7.89. The predicted molar refractivity (Wildman–Crippen MR) is 86.1 cm³/mol. The molecule has 1 aliphatic heterocycles. The molecular weight excluding hydrogens is 280 g/mol. The van der Waals surface area contributed by atoms with E-state index in [-0.39, 0.29) is 11.8 Å². The second-order valence-electron chi connectivity index (χ2n) is 5.59. The van der Waals surface area contributed by atoms with Crippen LogP contribution in [0.2, 0.25) is 0 Å². The van der Waals surface area contributed by atoms with Gasteiger partial charge in [0, 0.05) is 30.8 Å². The molecule has 0 aromatic heterocycles. The number of nitrogens with zero attached hydrogens (tertiary/aromatic N) is 1. The first kappa shape index (κ1) is 16.5. The van der Waals surface area contributed by atoms with Crippen LogP contribution in [0.15, 0.2) is 18.2 Å². The summed E-state index contributed by atoms with van der Waals surface area (Å²) in [5, 5.41) is 2.91. The number of hydrogen-bond donors (Lipinski definition) is 1. The van der Waals surface area contributed by atoms with Crippen LogP contribution in [0.5, 0.6) is 0 Å². The van der Waals surface area contributed by atoms with Crippen LogP contribution in [-0.2, 0) is 9.53 Å². The largest absolute Gasteiger partial charge is 0.378 e. The molecule has 1 heterocycles. The van der Waals surface area contributed by atoms with E-state index in [9.17, 15) is 9.59 Å². The zero-order valence-electron chi connectivity index (χ0n) is 13.4. The topological polar surface area (TPSA) is 58.6 Å². The van der Waals surface area contributed by atoms with Gasteiger partial charge in [0.15, 0.2) is 0 Å². The van der Waals surface area contributed by atoms with Gasteiger partial charge in [0.05, 0.1) is 13.2 Å². The van der Waals surface area contributed by atoms with Gasteiger partial charge in [-0.15, -0.1) is 0 Å². The second kappa shape index (κ2) is 7.94. The molecule has 1 aliphatic rings. The normalized spacial score (nSPS) is 14.7. The highest BCUT2D eigenvalue weighted by Crippen LogP contribution is 2.19. The Balaban J connectivity index is 2.08. The Kier molecular flexibility index (Phi) is 5.95. The maximum Gasteiger partial charge on any atom is 0.254 e. The molecule has 1 N–H and O–H groups in total. The summed E-state index contributed by atoms with van der Waals surface area (Å²) in [6.45, 7) is 6.38. The van der Waals surface area contributed by atoms with Crippen LogP contribution in [0.4, 0.5) is 5.69 Å². The van der Waals surface area contributed by atoms with Crippen molar-refractivity contribution in [2.75, 3.05) is 31.6 Å². The van der Waals surface area contributed by atoms with Crippen molar-refractivity contribution in [1.29, 1.82) is 0 Å². The molecule has 2 amide bonds. The molecule has 0 atom stereocenters. The molecule has 1 fully saturated rings. The summed E-state index contributed by atoms with van der Waals surface area (Å²) in [6, 6.07) is 5.47. The first-order valence-corrected chi connectivity index (χ1v) is 7.89. The van der Waals surface area contributed by atoms with Crippen molar-refractivity contribution in [1.82, 2.24) is 4.90 Å². The van der Waals surface area contributed by atoms with Gasteiger partial charge in [0.1, 0.15) is 0 Å². The summed E-state index contributed by atoms with van der Waals surface area (Å²) in [4.78, 5) is 26.2. The maximum absolute atomic E-state index is 12.5. The number of anilines is 1. The van der Waals surface area contributed by atoms with Gasteiger partial charge in [-0.05, 0) is 31.0 Å². The first-order chi connectivity index (χ1) is 10.6. The second-order valence-corrected chi connectivity index (χ2v) is 5.59. The van der Waals surface area contributed by atoms with Crippen LogP contribution in [-0.4, -0.2) is 43.0 Å². The van der Waals surface area contributed by atoms with E-state index in [0.717, 1.165) is 24.1 Å². The highest BCUT2D eigenvalue weighted by molar-refractivity contribution is 5.97. The van der Waals surface area contributed by atoms with E-state index in [2.05, 4.69) is 12.2 Å². The maximum atomic E-state index is 12.5. The van der Waals surface area contributed by atoms with Gasteiger partial charge in [-0.3, -0.25) is 9.59 Å². The number of unbranched alkanes of at least 4 members (excludes halogenated alkanes) is 1. The number of amides is 2. The molecule has 5 nitrogen and oxygen atoms in total. The third kappa shape index (κ3) is 4.31. The number of nitrogens with one attached hydrogen (secondary N) is 1. The van der Waals surface area contributed by atoms with E-state index >= 15 is 0 Å². The van der Waals surface area contributed by atoms with Crippen LogP contribution in [0.25, 0.3) is 0 Å². The molecule has 0 bridgehead atoms. The van der Waals surface area contributed by atoms with Crippen molar-refractivity contribution >= 4 is 17.5 Å². The van der Waals surface area contributed by atoms with Gasteiger partial charge in [0.2, 0.25) is 5.91 Å². The van der Waals surface area contributed by atoms with Gasteiger partial charge < -0.3 is 15.0 Å². The minimum Gasteiger partial charge on any atom is -0.378 e. The number of benzene rings is 1. The fraction of sp³-hybridized carbons (Fsp3) is 0.529. The monoisotopic (exact) mass is 304 g/mol. The molecule has 120 valence electrons. The van der Waals surface area contributed by atoms with E-state index in [1.165, 1.54) is 0 Å². The van der Waals surface area contributed by atoms with Crippen LogP contribution in [0.3, 0.4) is 0 Å². The number of ether oxygens (including phenoxy) is 1. The summed E-state index contributed by atoms with van der Waals surface area (Å²) in [5.41, 5.74) is 2.29. The number of morpholine rings is 1. The Labute approximate surface area is 131 Å². The number of rotatable bonds is 5. The molecule has 5 heteroatoms. The van der Waals surface area contributed by atoms with Crippen LogP contribution in [0.1, 0.15) is 42.1 Å². The Morgan fingerprint density at radius 3 is 2.68 bits per heavy atom. The summed E-state index contributed by atoms with van der Waals surface area (Å²) in [7, 11) is 0. The van der Waals surface area contributed by atoms with Crippen molar-refractivity contribution in [3.8, 4) is 0 Å². The Bertz CT molecular complexity index is 537. The van der Waals surface area contributed by atoms with Gasteiger partial charge >= 0.3 is 0 Å². The lowest BCUT2D eigenvalue weighted by Gasteiger charge is -2.27. The van der Waals surface area contributed by atoms with E-state index in [1.807, 2.05) is 19.1 Å². The van der Waals surface area contributed by atoms with E-state index < -0.39 is 0 Å². The zero-order chi connectivity index (χ0) is 15.9. The molecule has 1 saturated heterocycles. The molecule has 0 saturated carbocycles. The molecule has 0 aliphatic carbocycles. The molecule has 1 aromatic rings. The fourth-order valence-electron chi connectivity index (χ4n) is 2.39. The minimum atomic E-state index is -0.00708. The number of carbonyl (C=O) groups is 2. The lowest BCUT2D eigenvalue weighted by Crippen LogP contribution is -2.40. The van der Waals surface area contributed by atoms with Crippen molar-refractivity contribution in [2.24, 2.45) is 0 Å². The quantitative estimate of drug-likeness (QED) is 0.909. The standard InChI is InChI=1S/C17H24N2O3/c1-3-4-5-16(20)18-15-12-14(7-6-13(15)2)17(21)19-8-10-22-11-9-19/h6-7,12H,3-5,8-11H2,1-2H3,(H,18,20). The van der Waals surface area contributed by atoms with Crippen LogP contribution in [0, 0.1) is 6.92 Å². The SMILES string of the molecule is CCCCC(=O)Nc1cc(C(=O)N2CCOCC2)ccc1C. The number of hydrogen-bond acceptors (Lipinski definition) is 3.